The van der Waals surface area contributed by atoms with Crippen molar-refractivity contribution >= 4 is 22.6 Å². The summed E-state index contributed by atoms with van der Waals surface area (Å²) in [6.45, 7) is 7.30. The van der Waals surface area contributed by atoms with Crippen LogP contribution in [0.5, 0.6) is 0 Å². The van der Waals surface area contributed by atoms with E-state index in [1.165, 1.54) is 32.0 Å². The van der Waals surface area contributed by atoms with Crippen LogP contribution >= 0.6 is 11.6 Å². The van der Waals surface area contributed by atoms with Gasteiger partial charge in [-0.25, -0.2) is 9.37 Å². The first-order valence-electron chi connectivity index (χ1n) is 7.55. The second-order valence-electron chi connectivity index (χ2n) is 5.98. The molecule has 0 amide bonds. The molecule has 114 valence electrons. The van der Waals surface area contributed by atoms with Crippen molar-refractivity contribution in [2.24, 2.45) is 0 Å². The molecule has 3 nitrogen and oxygen atoms in total. The Bertz CT molecular complexity index is 646. The predicted molar refractivity (Wildman–Crippen MR) is 84.4 cm³/mol. The Kier molecular flexibility index (Phi) is 4.18. The first-order chi connectivity index (χ1) is 10.1. The summed E-state index contributed by atoms with van der Waals surface area (Å²) in [5, 5.41) is 0. The third-order valence-electron chi connectivity index (χ3n) is 4.32. The van der Waals surface area contributed by atoms with Gasteiger partial charge in [-0.3, -0.25) is 0 Å². The van der Waals surface area contributed by atoms with Crippen LogP contribution in [0.1, 0.15) is 37.2 Å². The molecule has 1 aromatic heterocycles. The molecular formula is C16H21ClFN3. The number of rotatable bonds is 4. The van der Waals surface area contributed by atoms with Crippen LogP contribution in [0, 0.1) is 12.7 Å². The molecule has 3 rings (SSSR count). The van der Waals surface area contributed by atoms with Gasteiger partial charge in [-0.15, -0.1) is 11.6 Å². The zero-order chi connectivity index (χ0) is 15.0. The van der Waals surface area contributed by atoms with Crippen LogP contribution in [0.4, 0.5) is 4.39 Å². The average Bonchev–Trinajstić information content (AvgIpc) is 3.06. The number of benzene rings is 1. The molecule has 5 heteroatoms. The molecule has 1 saturated heterocycles. The van der Waals surface area contributed by atoms with E-state index < -0.39 is 0 Å². The van der Waals surface area contributed by atoms with Crippen LogP contribution in [-0.2, 0) is 5.88 Å². The second-order valence-corrected chi connectivity index (χ2v) is 6.25. The number of hydrogen-bond donors (Lipinski definition) is 0. The number of hydrogen-bond acceptors (Lipinski definition) is 2. The Labute approximate surface area is 129 Å². The van der Waals surface area contributed by atoms with Gasteiger partial charge in [0.1, 0.15) is 11.6 Å². The minimum absolute atomic E-state index is 0.208. The highest BCUT2D eigenvalue weighted by Gasteiger charge is 2.20. The van der Waals surface area contributed by atoms with E-state index in [-0.39, 0.29) is 11.9 Å². The van der Waals surface area contributed by atoms with E-state index in [2.05, 4.69) is 21.4 Å². The Balaban J connectivity index is 2.00. The van der Waals surface area contributed by atoms with E-state index in [4.69, 9.17) is 11.6 Å². The number of aromatic nitrogens is 2. The molecule has 0 N–H and O–H groups in total. The molecule has 1 aliphatic rings. The quantitative estimate of drug-likeness (QED) is 0.799. The van der Waals surface area contributed by atoms with Crippen molar-refractivity contribution in [2.45, 2.75) is 38.6 Å². The summed E-state index contributed by atoms with van der Waals surface area (Å²) < 4.78 is 15.9. The minimum atomic E-state index is -0.208. The number of aryl methyl sites for hydroxylation is 1. The molecule has 1 aliphatic heterocycles. The van der Waals surface area contributed by atoms with Crippen molar-refractivity contribution < 1.29 is 4.39 Å². The van der Waals surface area contributed by atoms with Gasteiger partial charge >= 0.3 is 0 Å². The van der Waals surface area contributed by atoms with Crippen LogP contribution in [0.3, 0.4) is 0 Å². The molecule has 2 heterocycles. The number of nitrogens with zero attached hydrogens (tertiary/aromatic N) is 3. The fraction of sp³-hybridized carbons (Fsp3) is 0.562. The molecular weight excluding hydrogens is 289 g/mol. The van der Waals surface area contributed by atoms with E-state index in [0.29, 0.717) is 17.0 Å². The van der Waals surface area contributed by atoms with Gasteiger partial charge in [0.15, 0.2) is 0 Å². The SMILES string of the molecule is Cc1cc2c(cc1F)nc(CCl)n2C(C)CN1CCCC1. The number of halogens is 2. The van der Waals surface area contributed by atoms with Crippen molar-refractivity contribution in [3.63, 3.8) is 0 Å². The summed E-state index contributed by atoms with van der Waals surface area (Å²) >= 11 is 6.05. The highest BCUT2D eigenvalue weighted by atomic mass is 35.5. The van der Waals surface area contributed by atoms with Gasteiger partial charge in [0, 0.05) is 18.7 Å². The third kappa shape index (κ3) is 2.79. The third-order valence-corrected chi connectivity index (χ3v) is 4.56. The molecule has 0 radical (unpaired) electrons. The van der Waals surface area contributed by atoms with Gasteiger partial charge in [-0.05, 0) is 51.4 Å². The Morgan fingerprint density at radius 1 is 1.33 bits per heavy atom. The fourth-order valence-electron chi connectivity index (χ4n) is 3.28. The Hall–Kier alpha value is -1.13. The van der Waals surface area contributed by atoms with E-state index in [1.807, 2.05) is 6.07 Å². The highest BCUT2D eigenvalue weighted by Crippen LogP contribution is 2.26. The lowest BCUT2D eigenvalue weighted by atomic mass is 10.2. The van der Waals surface area contributed by atoms with Crippen molar-refractivity contribution in [2.75, 3.05) is 19.6 Å². The Morgan fingerprint density at radius 3 is 2.71 bits per heavy atom. The summed E-state index contributed by atoms with van der Waals surface area (Å²) in [7, 11) is 0. The van der Waals surface area contributed by atoms with Gasteiger partial charge in [0.25, 0.3) is 0 Å². The monoisotopic (exact) mass is 309 g/mol. The largest absolute Gasteiger partial charge is 0.323 e. The molecule has 0 aliphatic carbocycles. The first kappa shape index (κ1) is 14.8. The lowest BCUT2D eigenvalue weighted by molar-refractivity contribution is 0.288. The van der Waals surface area contributed by atoms with Crippen LogP contribution in [0.2, 0.25) is 0 Å². The zero-order valence-corrected chi connectivity index (χ0v) is 13.3. The lowest BCUT2D eigenvalue weighted by Crippen LogP contribution is -2.27. The molecule has 2 aromatic rings. The van der Waals surface area contributed by atoms with Crippen LogP contribution < -0.4 is 0 Å². The topological polar surface area (TPSA) is 21.1 Å². The molecule has 0 bridgehead atoms. The van der Waals surface area contributed by atoms with Crippen LogP contribution in [0.25, 0.3) is 11.0 Å². The number of likely N-dealkylation sites (tertiary alicyclic amines) is 1. The summed E-state index contributed by atoms with van der Waals surface area (Å²) in [6, 6.07) is 3.68. The van der Waals surface area contributed by atoms with Crippen LogP contribution in [0.15, 0.2) is 12.1 Å². The summed E-state index contributed by atoms with van der Waals surface area (Å²) in [5.74, 6) is 0.962. The summed E-state index contributed by atoms with van der Waals surface area (Å²) in [4.78, 5) is 6.98. The maximum absolute atomic E-state index is 13.7. The minimum Gasteiger partial charge on any atom is -0.323 e. The van der Waals surface area contributed by atoms with Crippen molar-refractivity contribution in [1.29, 1.82) is 0 Å². The normalized spacial score (nSPS) is 17.7. The maximum Gasteiger partial charge on any atom is 0.128 e. The predicted octanol–water partition coefficient (Wildman–Crippen LogP) is 3.88. The van der Waals surface area contributed by atoms with Crippen molar-refractivity contribution in [1.82, 2.24) is 14.5 Å². The maximum atomic E-state index is 13.7. The van der Waals surface area contributed by atoms with E-state index in [0.717, 1.165) is 17.9 Å². The average molecular weight is 310 g/mol. The van der Waals surface area contributed by atoms with Crippen LogP contribution in [-0.4, -0.2) is 34.1 Å². The smallest absolute Gasteiger partial charge is 0.128 e. The van der Waals surface area contributed by atoms with Gasteiger partial charge in [-0.1, -0.05) is 0 Å². The highest BCUT2D eigenvalue weighted by molar-refractivity contribution is 6.16. The van der Waals surface area contributed by atoms with Gasteiger partial charge in [0.2, 0.25) is 0 Å². The molecule has 0 spiro atoms. The van der Waals surface area contributed by atoms with Crippen molar-refractivity contribution in [3.05, 3.63) is 29.3 Å². The first-order valence-corrected chi connectivity index (χ1v) is 8.09. The summed E-state index contributed by atoms with van der Waals surface area (Å²) in [5.41, 5.74) is 2.33. The zero-order valence-electron chi connectivity index (χ0n) is 12.6. The molecule has 0 saturated carbocycles. The number of alkyl halides is 1. The van der Waals surface area contributed by atoms with E-state index >= 15 is 0 Å². The lowest BCUT2D eigenvalue weighted by Gasteiger charge is -2.23. The second kappa shape index (κ2) is 5.93. The number of imidazole rings is 1. The van der Waals surface area contributed by atoms with Crippen molar-refractivity contribution in [3.8, 4) is 0 Å². The molecule has 1 fully saturated rings. The molecule has 1 unspecified atom stereocenters. The molecule has 1 atom stereocenters. The Morgan fingerprint density at radius 2 is 2.05 bits per heavy atom. The van der Waals surface area contributed by atoms with Gasteiger partial charge < -0.3 is 9.47 Å². The molecule has 21 heavy (non-hydrogen) atoms. The van der Waals surface area contributed by atoms with E-state index in [1.54, 1.807) is 6.92 Å². The van der Waals surface area contributed by atoms with Gasteiger partial charge in [-0.2, -0.15) is 0 Å². The molecule has 1 aromatic carbocycles. The van der Waals surface area contributed by atoms with Gasteiger partial charge in [0.05, 0.1) is 16.9 Å². The summed E-state index contributed by atoms with van der Waals surface area (Å²) in [6.07, 6.45) is 2.56. The van der Waals surface area contributed by atoms with E-state index in [9.17, 15) is 4.39 Å². The standard InChI is InChI=1S/C16H21ClFN3/c1-11-7-15-14(8-13(11)18)19-16(9-17)21(15)12(2)10-20-5-3-4-6-20/h7-8,12H,3-6,9-10H2,1-2H3. The fourth-order valence-corrected chi connectivity index (χ4v) is 3.47. The number of fused-ring (bicyclic) bond motifs is 1.